The van der Waals surface area contributed by atoms with E-state index in [1.165, 1.54) is 11.1 Å². The highest BCUT2D eigenvalue weighted by Crippen LogP contribution is 2.17. The Bertz CT molecular complexity index is 397. The Morgan fingerprint density at radius 1 is 1.35 bits per heavy atom. The van der Waals surface area contributed by atoms with Crippen LogP contribution in [0.25, 0.3) is 0 Å². The number of benzene rings is 1. The lowest BCUT2D eigenvalue weighted by Crippen LogP contribution is -2.27. The van der Waals surface area contributed by atoms with E-state index >= 15 is 0 Å². The maximum absolute atomic E-state index is 11.6. The van der Waals surface area contributed by atoms with E-state index in [-0.39, 0.29) is 11.9 Å². The predicted molar refractivity (Wildman–Crippen MR) is 68.5 cm³/mol. The molecule has 1 atom stereocenters. The van der Waals surface area contributed by atoms with Gasteiger partial charge in [0.2, 0.25) is 5.91 Å². The Kier molecular flexibility index (Phi) is 3.48. The normalized spacial score (nSPS) is 20.4. The number of rotatable bonds is 3. The molecule has 1 saturated heterocycles. The molecule has 3 nitrogen and oxygen atoms in total. The molecule has 0 aromatic heterocycles. The molecule has 2 N–H and O–H groups in total. The highest BCUT2D eigenvalue weighted by atomic mass is 16.2. The predicted octanol–water partition coefficient (Wildman–Crippen LogP) is 1.87. The summed E-state index contributed by atoms with van der Waals surface area (Å²) in [5.41, 5.74) is 8.28. The van der Waals surface area contributed by atoms with Crippen LogP contribution in [0.1, 0.15) is 37.3 Å². The molecule has 17 heavy (non-hydrogen) atoms. The SMILES string of the molecule is CC(C)c1ccc(CN2CC(N)CC2=O)cc1. The molecule has 0 saturated carbocycles. The first-order chi connectivity index (χ1) is 8.06. The van der Waals surface area contributed by atoms with Crippen molar-refractivity contribution in [2.24, 2.45) is 5.73 Å². The van der Waals surface area contributed by atoms with E-state index in [2.05, 4.69) is 38.1 Å². The van der Waals surface area contributed by atoms with Crippen molar-refractivity contribution in [2.45, 2.75) is 38.8 Å². The van der Waals surface area contributed by atoms with Gasteiger partial charge in [0.1, 0.15) is 0 Å². The van der Waals surface area contributed by atoms with E-state index in [0.717, 1.165) is 0 Å². The average molecular weight is 232 g/mol. The molecule has 1 heterocycles. The van der Waals surface area contributed by atoms with Gasteiger partial charge in [-0.05, 0) is 17.0 Å². The van der Waals surface area contributed by atoms with Crippen LogP contribution in [0.5, 0.6) is 0 Å². The first-order valence-corrected chi connectivity index (χ1v) is 6.18. The monoisotopic (exact) mass is 232 g/mol. The van der Waals surface area contributed by atoms with Crippen molar-refractivity contribution in [2.75, 3.05) is 6.54 Å². The lowest BCUT2D eigenvalue weighted by molar-refractivity contribution is -0.128. The molecule has 1 aromatic rings. The fourth-order valence-corrected chi connectivity index (χ4v) is 2.18. The minimum Gasteiger partial charge on any atom is -0.337 e. The number of nitrogens with zero attached hydrogens (tertiary/aromatic N) is 1. The summed E-state index contributed by atoms with van der Waals surface area (Å²) in [6.45, 7) is 5.73. The summed E-state index contributed by atoms with van der Waals surface area (Å²) in [6, 6.07) is 8.50. The minimum atomic E-state index is 0.0115. The molecule has 1 fully saturated rings. The lowest BCUT2D eigenvalue weighted by Gasteiger charge is -2.16. The minimum absolute atomic E-state index is 0.0115. The van der Waals surface area contributed by atoms with Crippen molar-refractivity contribution >= 4 is 5.91 Å². The van der Waals surface area contributed by atoms with Gasteiger partial charge in [-0.3, -0.25) is 4.79 Å². The van der Waals surface area contributed by atoms with Gasteiger partial charge in [-0.1, -0.05) is 38.1 Å². The Morgan fingerprint density at radius 2 is 2.00 bits per heavy atom. The lowest BCUT2D eigenvalue weighted by atomic mass is 10.0. The quantitative estimate of drug-likeness (QED) is 0.864. The zero-order valence-electron chi connectivity index (χ0n) is 10.5. The number of carbonyl (C=O) groups is 1. The highest BCUT2D eigenvalue weighted by Gasteiger charge is 2.26. The van der Waals surface area contributed by atoms with Crippen molar-refractivity contribution in [3.63, 3.8) is 0 Å². The number of nitrogens with two attached hydrogens (primary N) is 1. The van der Waals surface area contributed by atoms with E-state index in [1.54, 1.807) is 0 Å². The van der Waals surface area contributed by atoms with Crippen molar-refractivity contribution in [1.29, 1.82) is 0 Å². The second-order valence-electron chi connectivity index (χ2n) is 5.13. The second-order valence-corrected chi connectivity index (χ2v) is 5.13. The fourth-order valence-electron chi connectivity index (χ4n) is 2.18. The van der Waals surface area contributed by atoms with Gasteiger partial charge in [0, 0.05) is 25.6 Å². The smallest absolute Gasteiger partial charge is 0.224 e. The molecule has 1 aliphatic heterocycles. The summed E-state index contributed by atoms with van der Waals surface area (Å²) < 4.78 is 0. The summed E-state index contributed by atoms with van der Waals surface area (Å²) >= 11 is 0. The van der Waals surface area contributed by atoms with E-state index in [9.17, 15) is 4.79 Å². The van der Waals surface area contributed by atoms with Gasteiger partial charge in [0.15, 0.2) is 0 Å². The summed E-state index contributed by atoms with van der Waals surface area (Å²) in [5.74, 6) is 0.719. The molecule has 1 unspecified atom stereocenters. The molecule has 2 rings (SSSR count). The maximum Gasteiger partial charge on any atom is 0.224 e. The summed E-state index contributed by atoms with van der Waals surface area (Å²) in [6.07, 6.45) is 0.490. The molecule has 3 heteroatoms. The number of hydrogen-bond acceptors (Lipinski definition) is 2. The molecule has 1 aromatic carbocycles. The van der Waals surface area contributed by atoms with Gasteiger partial charge in [0.05, 0.1) is 0 Å². The molecule has 1 aliphatic rings. The molecular formula is C14H20N2O. The Hall–Kier alpha value is -1.35. The molecule has 0 spiro atoms. The first kappa shape index (κ1) is 12.1. The Labute approximate surface area is 103 Å². The number of carbonyl (C=O) groups excluding carboxylic acids is 1. The Morgan fingerprint density at radius 3 is 2.47 bits per heavy atom. The van der Waals surface area contributed by atoms with Crippen molar-refractivity contribution in [3.05, 3.63) is 35.4 Å². The highest BCUT2D eigenvalue weighted by molar-refractivity contribution is 5.79. The van der Waals surface area contributed by atoms with Gasteiger partial charge in [-0.2, -0.15) is 0 Å². The molecule has 1 amide bonds. The number of hydrogen-bond donors (Lipinski definition) is 1. The zero-order valence-corrected chi connectivity index (χ0v) is 10.5. The van der Waals surface area contributed by atoms with Crippen LogP contribution in [-0.2, 0) is 11.3 Å². The van der Waals surface area contributed by atoms with E-state index in [1.807, 2.05) is 4.90 Å². The van der Waals surface area contributed by atoms with Crippen molar-refractivity contribution < 1.29 is 4.79 Å². The average Bonchev–Trinajstić information content (AvgIpc) is 2.58. The van der Waals surface area contributed by atoms with Crippen LogP contribution in [0.15, 0.2) is 24.3 Å². The first-order valence-electron chi connectivity index (χ1n) is 6.18. The maximum atomic E-state index is 11.6. The van der Waals surface area contributed by atoms with E-state index in [0.29, 0.717) is 25.4 Å². The van der Waals surface area contributed by atoms with Crippen LogP contribution in [0.3, 0.4) is 0 Å². The van der Waals surface area contributed by atoms with Crippen LogP contribution < -0.4 is 5.73 Å². The molecule has 92 valence electrons. The van der Waals surface area contributed by atoms with Crippen LogP contribution in [-0.4, -0.2) is 23.4 Å². The third-order valence-corrected chi connectivity index (χ3v) is 3.26. The van der Waals surface area contributed by atoms with Crippen LogP contribution >= 0.6 is 0 Å². The summed E-state index contributed by atoms with van der Waals surface area (Å²) in [4.78, 5) is 13.5. The molecule has 0 aliphatic carbocycles. The topological polar surface area (TPSA) is 46.3 Å². The number of likely N-dealkylation sites (tertiary alicyclic amines) is 1. The third kappa shape index (κ3) is 2.86. The van der Waals surface area contributed by atoms with Gasteiger partial charge >= 0.3 is 0 Å². The van der Waals surface area contributed by atoms with E-state index < -0.39 is 0 Å². The molecular weight excluding hydrogens is 212 g/mol. The van der Waals surface area contributed by atoms with Crippen molar-refractivity contribution in [1.82, 2.24) is 4.90 Å². The Balaban J connectivity index is 2.02. The van der Waals surface area contributed by atoms with Gasteiger partial charge < -0.3 is 10.6 Å². The van der Waals surface area contributed by atoms with Gasteiger partial charge in [-0.25, -0.2) is 0 Å². The number of amides is 1. The molecule has 0 bridgehead atoms. The second kappa shape index (κ2) is 4.88. The van der Waals surface area contributed by atoms with Crippen LogP contribution in [0, 0.1) is 0 Å². The third-order valence-electron chi connectivity index (χ3n) is 3.26. The summed E-state index contributed by atoms with van der Waals surface area (Å²) in [7, 11) is 0. The van der Waals surface area contributed by atoms with Crippen molar-refractivity contribution in [3.8, 4) is 0 Å². The zero-order chi connectivity index (χ0) is 12.4. The van der Waals surface area contributed by atoms with E-state index in [4.69, 9.17) is 5.73 Å². The summed E-state index contributed by atoms with van der Waals surface area (Å²) in [5, 5.41) is 0. The molecule has 0 radical (unpaired) electrons. The fraction of sp³-hybridized carbons (Fsp3) is 0.500. The van der Waals surface area contributed by atoms with Crippen LogP contribution in [0.4, 0.5) is 0 Å². The standard InChI is InChI=1S/C14H20N2O/c1-10(2)12-5-3-11(4-6-12)8-16-9-13(15)7-14(16)17/h3-6,10,13H,7-9,15H2,1-2H3. The van der Waals surface area contributed by atoms with Gasteiger partial charge in [-0.15, -0.1) is 0 Å². The largest absolute Gasteiger partial charge is 0.337 e. The van der Waals surface area contributed by atoms with Gasteiger partial charge in [0.25, 0.3) is 0 Å². The van der Waals surface area contributed by atoms with Crippen LogP contribution in [0.2, 0.25) is 0 Å².